The molecule has 2 heteroatoms. The lowest BCUT2D eigenvalue weighted by Crippen LogP contribution is -2.22. The molecule has 0 heterocycles. The van der Waals surface area contributed by atoms with Gasteiger partial charge in [-0.25, -0.2) is 0 Å². The van der Waals surface area contributed by atoms with Crippen LogP contribution in [0.2, 0.25) is 0 Å². The van der Waals surface area contributed by atoms with Crippen LogP contribution in [0.4, 0.5) is 0 Å². The zero-order valence-corrected chi connectivity index (χ0v) is 16.1. The van der Waals surface area contributed by atoms with Gasteiger partial charge in [0, 0.05) is 24.7 Å². The highest BCUT2D eigenvalue weighted by molar-refractivity contribution is 5.84. The standard InChI is InChI=1S/2C11H18O/c2*1-7-3-4-10-8(2)11(12)6-9(10)5-7/h2*7-10H,3-6H2,1-2H3/t7-,8+,9-,10+;7-,8-,9-,10+/m11/s1. The number of Topliss-reactive ketones (excluding diaryl/α,β-unsaturated/α-hetero) is 2. The summed E-state index contributed by atoms with van der Waals surface area (Å²) in [4.78, 5) is 22.9. The second-order valence-corrected chi connectivity index (χ2v) is 9.60. The van der Waals surface area contributed by atoms with Gasteiger partial charge in [-0.15, -0.1) is 0 Å². The number of carbonyl (C=O) groups is 2. The van der Waals surface area contributed by atoms with Crippen LogP contribution in [-0.4, -0.2) is 11.6 Å². The minimum atomic E-state index is 0.377. The van der Waals surface area contributed by atoms with Gasteiger partial charge in [0.25, 0.3) is 0 Å². The van der Waals surface area contributed by atoms with Gasteiger partial charge in [-0.1, -0.05) is 40.5 Å². The molecule has 4 aliphatic carbocycles. The Balaban J connectivity index is 0.000000141. The Bertz CT molecular complexity index is 438. The van der Waals surface area contributed by atoms with E-state index in [1.807, 2.05) is 0 Å². The summed E-state index contributed by atoms with van der Waals surface area (Å²) in [6.07, 6.45) is 9.68. The molecule has 4 fully saturated rings. The Kier molecular flexibility index (Phi) is 5.52. The molecule has 0 N–H and O–H groups in total. The van der Waals surface area contributed by atoms with E-state index in [9.17, 15) is 9.59 Å². The maximum atomic E-state index is 11.4. The molecule has 0 aromatic carbocycles. The van der Waals surface area contributed by atoms with Crippen LogP contribution in [0.15, 0.2) is 0 Å². The molecule has 136 valence electrons. The van der Waals surface area contributed by atoms with Crippen LogP contribution < -0.4 is 0 Å². The molecule has 4 rings (SSSR count). The summed E-state index contributed by atoms with van der Waals surface area (Å²) in [6.45, 7) is 8.90. The average Bonchev–Trinajstić information content (AvgIpc) is 2.96. The Morgan fingerprint density at radius 3 is 1.38 bits per heavy atom. The predicted molar refractivity (Wildman–Crippen MR) is 97.6 cm³/mol. The van der Waals surface area contributed by atoms with Crippen LogP contribution in [0.1, 0.15) is 79.1 Å². The Morgan fingerprint density at radius 2 is 1.00 bits per heavy atom. The van der Waals surface area contributed by atoms with Crippen molar-refractivity contribution in [3.8, 4) is 0 Å². The molecule has 4 saturated carbocycles. The monoisotopic (exact) mass is 332 g/mol. The number of ketones is 2. The molecule has 0 aromatic heterocycles. The molecule has 0 spiro atoms. The molecule has 0 radical (unpaired) electrons. The number of carbonyl (C=O) groups excluding carboxylic acids is 2. The molecule has 0 unspecified atom stereocenters. The van der Waals surface area contributed by atoms with Crippen LogP contribution >= 0.6 is 0 Å². The van der Waals surface area contributed by atoms with E-state index in [-0.39, 0.29) is 0 Å². The third kappa shape index (κ3) is 3.63. The first-order valence-electron chi connectivity index (χ1n) is 10.4. The van der Waals surface area contributed by atoms with E-state index in [0.29, 0.717) is 23.4 Å². The van der Waals surface area contributed by atoms with Crippen LogP contribution in [0.3, 0.4) is 0 Å². The van der Waals surface area contributed by atoms with Gasteiger partial charge in [0.15, 0.2) is 0 Å². The number of hydrogen-bond donors (Lipinski definition) is 0. The predicted octanol–water partition coefficient (Wildman–Crippen LogP) is 5.30. The van der Waals surface area contributed by atoms with Crippen molar-refractivity contribution in [3.63, 3.8) is 0 Å². The van der Waals surface area contributed by atoms with Crippen molar-refractivity contribution >= 4 is 11.6 Å². The fourth-order valence-corrected chi connectivity index (χ4v) is 6.20. The highest BCUT2D eigenvalue weighted by Crippen LogP contribution is 2.46. The lowest BCUT2D eigenvalue weighted by Gasteiger charge is -2.30. The second-order valence-electron chi connectivity index (χ2n) is 9.60. The lowest BCUT2D eigenvalue weighted by molar-refractivity contribution is -0.121. The summed E-state index contributed by atoms with van der Waals surface area (Å²) < 4.78 is 0. The van der Waals surface area contributed by atoms with Crippen LogP contribution in [-0.2, 0) is 9.59 Å². The summed E-state index contributed by atoms with van der Waals surface area (Å²) in [6, 6.07) is 0. The summed E-state index contributed by atoms with van der Waals surface area (Å²) >= 11 is 0. The molecule has 0 bridgehead atoms. The summed E-state index contributed by atoms with van der Waals surface area (Å²) in [7, 11) is 0. The van der Waals surface area contributed by atoms with Crippen molar-refractivity contribution in [1.29, 1.82) is 0 Å². The van der Waals surface area contributed by atoms with Crippen molar-refractivity contribution in [2.24, 2.45) is 47.3 Å². The third-order valence-electron chi connectivity index (χ3n) is 7.83. The first-order valence-corrected chi connectivity index (χ1v) is 10.4. The number of hydrogen-bond acceptors (Lipinski definition) is 2. The summed E-state index contributed by atoms with van der Waals surface area (Å²) in [5.41, 5.74) is 0. The van der Waals surface area contributed by atoms with Gasteiger partial charge in [-0.05, 0) is 61.2 Å². The largest absolute Gasteiger partial charge is 0.299 e. The maximum Gasteiger partial charge on any atom is 0.136 e. The zero-order chi connectivity index (χ0) is 17.4. The van der Waals surface area contributed by atoms with Gasteiger partial charge in [-0.2, -0.15) is 0 Å². The van der Waals surface area contributed by atoms with Crippen molar-refractivity contribution in [2.75, 3.05) is 0 Å². The smallest absolute Gasteiger partial charge is 0.136 e. The van der Waals surface area contributed by atoms with E-state index in [1.54, 1.807) is 0 Å². The number of rotatable bonds is 0. The first-order chi connectivity index (χ1) is 11.4. The molecule has 2 nitrogen and oxygen atoms in total. The highest BCUT2D eigenvalue weighted by Gasteiger charge is 2.42. The molecule has 0 saturated heterocycles. The second kappa shape index (κ2) is 7.30. The molecule has 4 aliphatic rings. The quantitative estimate of drug-likeness (QED) is 0.603. The third-order valence-corrected chi connectivity index (χ3v) is 7.83. The Labute approximate surface area is 148 Å². The van der Waals surface area contributed by atoms with Gasteiger partial charge in [0.2, 0.25) is 0 Å². The van der Waals surface area contributed by atoms with Gasteiger partial charge in [-0.3, -0.25) is 9.59 Å². The van der Waals surface area contributed by atoms with E-state index in [2.05, 4.69) is 27.7 Å². The van der Waals surface area contributed by atoms with E-state index >= 15 is 0 Å². The SMILES string of the molecule is C[C@@H]1CC[C@@H]2[C@@H](CC(=O)[C@@H]2C)C1.C[C@@H]1CC[C@@H]2[C@@H](CC(=O)[C@H]2C)C1. The van der Waals surface area contributed by atoms with Crippen molar-refractivity contribution in [2.45, 2.75) is 79.1 Å². The zero-order valence-electron chi connectivity index (χ0n) is 16.1. The van der Waals surface area contributed by atoms with Gasteiger partial charge >= 0.3 is 0 Å². The topological polar surface area (TPSA) is 34.1 Å². The van der Waals surface area contributed by atoms with E-state index in [1.165, 1.54) is 38.5 Å². The maximum absolute atomic E-state index is 11.4. The summed E-state index contributed by atoms with van der Waals surface area (Å²) in [5.74, 6) is 6.52. The summed E-state index contributed by atoms with van der Waals surface area (Å²) in [5, 5.41) is 0. The molecule has 0 amide bonds. The van der Waals surface area contributed by atoms with Crippen molar-refractivity contribution in [1.82, 2.24) is 0 Å². The normalized spacial score (nSPS) is 47.7. The van der Waals surface area contributed by atoms with Crippen LogP contribution in [0.5, 0.6) is 0 Å². The van der Waals surface area contributed by atoms with Gasteiger partial charge < -0.3 is 0 Å². The van der Waals surface area contributed by atoms with E-state index in [4.69, 9.17) is 0 Å². The molecular weight excluding hydrogens is 296 g/mol. The minimum absolute atomic E-state index is 0.377. The van der Waals surface area contributed by atoms with Gasteiger partial charge in [0.1, 0.15) is 11.6 Å². The number of fused-ring (bicyclic) bond motifs is 2. The Morgan fingerprint density at radius 1 is 0.625 bits per heavy atom. The minimum Gasteiger partial charge on any atom is -0.299 e. The van der Waals surface area contributed by atoms with E-state index in [0.717, 1.165) is 48.3 Å². The van der Waals surface area contributed by atoms with Crippen molar-refractivity contribution in [3.05, 3.63) is 0 Å². The average molecular weight is 333 g/mol. The van der Waals surface area contributed by atoms with Gasteiger partial charge in [0.05, 0.1) is 0 Å². The highest BCUT2D eigenvalue weighted by atomic mass is 16.1. The molecule has 0 aromatic rings. The van der Waals surface area contributed by atoms with Crippen molar-refractivity contribution < 1.29 is 9.59 Å². The van der Waals surface area contributed by atoms with Crippen LogP contribution in [0.25, 0.3) is 0 Å². The fraction of sp³-hybridized carbons (Fsp3) is 0.909. The molecular formula is C22H36O2. The van der Waals surface area contributed by atoms with E-state index < -0.39 is 0 Å². The molecule has 24 heavy (non-hydrogen) atoms. The first kappa shape index (κ1) is 18.1. The fourth-order valence-electron chi connectivity index (χ4n) is 6.20. The molecule has 8 atom stereocenters. The molecule has 0 aliphatic heterocycles. The lowest BCUT2D eigenvalue weighted by atomic mass is 9.74. The van der Waals surface area contributed by atoms with Crippen LogP contribution in [0, 0.1) is 47.3 Å². The Hall–Kier alpha value is -0.660.